The molecule has 0 fully saturated rings. The van der Waals surface area contributed by atoms with Crippen LogP contribution in [0.15, 0.2) is 24.7 Å². The molecule has 7 nitrogen and oxygen atoms in total. The van der Waals surface area contributed by atoms with Gasteiger partial charge in [0.2, 0.25) is 0 Å². The highest BCUT2D eigenvalue weighted by molar-refractivity contribution is 5.93. The van der Waals surface area contributed by atoms with Gasteiger partial charge in [-0.15, -0.1) is 10.2 Å². The van der Waals surface area contributed by atoms with E-state index in [1.807, 2.05) is 17.7 Å². The summed E-state index contributed by atoms with van der Waals surface area (Å²) in [5.74, 6) is 0.652. The van der Waals surface area contributed by atoms with Crippen molar-refractivity contribution in [3.8, 4) is 0 Å². The van der Waals surface area contributed by atoms with Crippen molar-refractivity contribution in [3.05, 3.63) is 36.2 Å². The minimum Gasteiger partial charge on any atom is -0.385 e. The third-order valence-corrected chi connectivity index (χ3v) is 3.01. The molecule has 0 unspecified atom stereocenters. The van der Waals surface area contributed by atoms with Gasteiger partial charge in [0.15, 0.2) is 0 Å². The molecule has 0 spiro atoms. The first-order valence-electron chi connectivity index (χ1n) is 7.01. The Morgan fingerprint density at radius 2 is 2.24 bits per heavy atom. The van der Waals surface area contributed by atoms with Gasteiger partial charge >= 0.3 is 0 Å². The van der Waals surface area contributed by atoms with Crippen LogP contribution in [-0.2, 0) is 13.5 Å². The Balaban J connectivity index is 1.86. The van der Waals surface area contributed by atoms with Crippen LogP contribution < -0.4 is 10.6 Å². The van der Waals surface area contributed by atoms with Gasteiger partial charge < -0.3 is 15.2 Å². The zero-order chi connectivity index (χ0) is 15.1. The van der Waals surface area contributed by atoms with Crippen molar-refractivity contribution in [2.45, 2.75) is 19.8 Å². The number of nitrogens with one attached hydrogen (secondary N) is 2. The van der Waals surface area contributed by atoms with Gasteiger partial charge in [0.1, 0.15) is 17.8 Å². The zero-order valence-electron chi connectivity index (χ0n) is 12.3. The quantitative estimate of drug-likeness (QED) is 0.794. The van der Waals surface area contributed by atoms with Crippen molar-refractivity contribution in [2.75, 3.05) is 18.4 Å². The van der Waals surface area contributed by atoms with Crippen LogP contribution in [0.4, 0.5) is 5.69 Å². The van der Waals surface area contributed by atoms with E-state index in [9.17, 15) is 4.79 Å². The number of anilines is 1. The standard InChI is InChI=1S/C14H20N6O/c1-3-6-15-11-4-7-16-12(9-11)14(21)17-8-5-13-19-18-10-20(13)2/h4,7,9-10H,3,5-6,8H2,1-2H3,(H,15,16)(H,17,21). The molecule has 112 valence electrons. The van der Waals surface area contributed by atoms with Gasteiger partial charge in [0.25, 0.3) is 5.91 Å². The fourth-order valence-corrected chi connectivity index (χ4v) is 1.85. The highest BCUT2D eigenvalue weighted by Gasteiger charge is 2.08. The summed E-state index contributed by atoms with van der Waals surface area (Å²) in [5, 5.41) is 13.8. The molecule has 2 aromatic rings. The second kappa shape index (κ2) is 7.37. The van der Waals surface area contributed by atoms with Crippen molar-refractivity contribution in [3.63, 3.8) is 0 Å². The summed E-state index contributed by atoms with van der Waals surface area (Å²) in [7, 11) is 1.88. The van der Waals surface area contributed by atoms with Crippen molar-refractivity contribution < 1.29 is 4.79 Å². The topological polar surface area (TPSA) is 84.7 Å². The maximum absolute atomic E-state index is 12.0. The van der Waals surface area contributed by atoms with Crippen molar-refractivity contribution in [1.29, 1.82) is 0 Å². The molecule has 0 bridgehead atoms. The third kappa shape index (κ3) is 4.27. The largest absolute Gasteiger partial charge is 0.385 e. The number of aromatic nitrogens is 4. The minimum absolute atomic E-state index is 0.183. The molecule has 2 heterocycles. The summed E-state index contributed by atoms with van der Waals surface area (Å²) >= 11 is 0. The lowest BCUT2D eigenvalue weighted by atomic mass is 10.3. The molecule has 0 aromatic carbocycles. The Morgan fingerprint density at radius 1 is 1.38 bits per heavy atom. The molecule has 1 amide bonds. The number of rotatable bonds is 7. The second-order valence-corrected chi connectivity index (χ2v) is 4.72. The first-order valence-corrected chi connectivity index (χ1v) is 7.01. The average Bonchev–Trinajstić information content (AvgIpc) is 2.91. The minimum atomic E-state index is -0.183. The van der Waals surface area contributed by atoms with E-state index < -0.39 is 0 Å². The van der Waals surface area contributed by atoms with Crippen LogP contribution >= 0.6 is 0 Å². The van der Waals surface area contributed by atoms with Crippen LogP contribution in [0.5, 0.6) is 0 Å². The van der Waals surface area contributed by atoms with Crippen molar-refractivity contribution >= 4 is 11.6 Å². The SMILES string of the molecule is CCCNc1ccnc(C(=O)NCCc2nncn2C)c1. The molecule has 2 N–H and O–H groups in total. The van der Waals surface area contributed by atoms with E-state index in [0.717, 1.165) is 24.5 Å². The van der Waals surface area contributed by atoms with Gasteiger partial charge in [0, 0.05) is 38.4 Å². The lowest BCUT2D eigenvalue weighted by molar-refractivity contribution is 0.0949. The summed E-state index contributed by atoms with van der Waals surface area (Å²) < 4.78 is 1.83. The van der Waals surface area contributed by atoms with Crippen molar-refractivity contribution in [1.82, 2.24) is 25.1 Å². The molecule has 0 aliphatic rings. The van der Waals surface area contributed by atoms with E-state index in [0.29, 0.717) is 18.7 Å². The zero-order valence-corrected chi connectivity index (χ0v) is 12.3. The molecule has 0 saturated heterocycles. The fourth-order valence-electron chi connectivity index (χ4n) is 1.85. The van der Waals surface area contributed by atoms with E-state index >= 15 is 0 Å². The summed E-state index contributed by atoms with van der Waals surface area (Å²) in [5.41, 5.74) is 1.32. The highest BCUT2D eigenvalue weighted by Crippen LogP contribution is 2.07. The number of carbonyl (C=O) groups excluding carboxylic acids is 1. The van der Waals surface area contributed by atoms with Gasteiger partial charge in [-0.2, -0.15) is 0 Å². The van der Waals surface area contributed by atoms with E-state index in [1.165, 1.54) is 0 Å². The van der Waals surface area contributed by atoms with Crippen LogP contribution in [0.25, 0.3) is 0 Å². The number of hydrogen-bond donors (Lipinski definition) is 2. The van der Waals surface area contributed by atoms with Gasteiger partial charge in [-0.25, -0.2) is 0 Å². The van der Waals surface area contributed by atoms with E-state index in [1.54, 1.807) is 18.6 Å². The van der Waals surface area contributed by atoms with Gasteiger partial charge in [0.05, 0.1) is 0 Å². The first-order chi connectivity index (χ1) is 10.2. The Morgan fingerprint density at radius 3 is 2.95 bits per heavy atom. The molecular formula is C14H20N6O. The number of amides is 1. The predicted octanol–water partition coefficient (Wildman–Crippen LogP) is 1.00. The van der Waals surface area contributed by atoms with Crippen LogP contribution in [-0.4, -0.2) is 38.7 Å². The highest BCUT2D eigenvalue weighted by atomic mass is 16.1. The smallest absolute Gasteiger partial charge is 0.269 e. The summed E-state index contributed by atoms with van der Waals surface area (Å²) in [6.45, 7) is 3.46. The third-order valence-electron chi connectivity index (χ3n) is 3.01. The summed E-state index contributed by atoms with van der Waals surface area (Å²) in [6, 6.07) is 3.61. The first kappa shape index (κ1) is 15.0. The molecule has 0 atom stereocenters. The molecule has 21 heavy (non-hydrogen) atoms. The Bertz CT molecular complexity index is 595. The number of nitrogens with zero attached hydrogens (tertiary/aromatic N) is 4. The number of pyridine rings is 1. The predicted molar refractivity (Wildman–Crippen MR) is 80.1 cm³/mol. The lowest BCUT2D eigenvalue weighted by Gasteiger charge is -2.07. The lowest BCUT2D eigenvalue weighted by Crippen LogP contribution is -2.27. The average molecular weight is 288 g/mol. The maximum atomic E-state index is 12.0. The van der Waals surface area contributed by atoms with E-state index in [4.69, 9.17) is 0 Å². The Hall–Kier alpha value is -2.44. The van der Waals surface area contributed by atoms with Crippen LogP contribution in [0.2, 0.25) is 0 Å². The maximum Gasteiger partial charge on any atom is 0.269 e. The number of aryl methyl sites for hydroxylation is 1. The molecular weight excluding hydrogens is 268 g/mol. The summed E-state index contributed by atoms with van der Waals surface area (Å²) in [6.07, 6.45) is 4.94. The van der Waals surface area contributed by atoms with Crippen LogP contribution in [0.1, 0.15) is 29.7 Å². The Kier molecular flexibility index (Phi) is 5.25. The van der Waals surface area contributed by atoms with E-state index in [2.05, 4.69) is 32.7 Å². The van der Waals surface area contributed by atoms with Crippen LogP contribution in [0, 0.1) is 0 Å². The van der Waals surface area contributed by atoms with Gasteiger partial charge in [-0.1, -0.05) is 6.92 Å². The molecule has 2 aromatic heterocycles. The molecule has 0 radical (unpaired) electrons. The Labute approximate surface area is 123 Å². The second-order valence-electron chi connectivity index (χ2n) is 4.72. The summed E-state index contributed by atoms with van der Waals surface area (Å²) in [4.78, 5) is 16.1. The molecule has 0 aliphatic heterocycles. The van der Waals surface area contributed by atoms with Crippen LogP contribution in [0.3, 0.4) is 0 Å². The molecule has 0 aliphatic carbocycles. The number of carbonyl (C=O) groups is 1. The monoisotopic (exact) mass is 288 g/mol. The molecule has 0 saturated carbocycles. The molecule has 2 rings (SSSR count). The van der Waals surface area contributed by atoms with Crippen molar-refractivity contribution in [2.24, 2.45) is 7.05 Å². The molecule has 7 heteroatoms. The number of hydrogen-bond acceptors (Lipinski definition) is 5. The normalized spacial score (nSPS) is 10.4. The van der Waals surface area contributed by atoms with E-state index in [-0.39, 0.29) is 5.91 Å². The van der Waals surface area contributed by atoms with Gasteiger partial charge in [-0.3, -0.25) is 9.78 Å². The fraction of sp³-hybridized carbons (Fsp3) is 0.429. The van der Waals surface area contributed by atoms with Gasteiger partial charge in [-0.05, 0) is 18.6 Å².